The van der Waals surface area contributed by atoms with Crippen molar-refractivity contribution in [1.29, 1.82) is 0 Å². The van der Waals surface area contributed by atoms with Gasteiger partial charge in [0.05, 0.1) is 12.6 Å². The van der Waals surface area contributed by atoms with Crippen LogP contribution in [-0.2, 0) is 16.0 Å². The Morgan fingerprint density at radius 3 is 2.33 bits per heavy atom. The van der Waals surface area contributed by atoms with Crippen molar-refractivity contribution in [1.82, 2.24) is 9.88 Å². The smallest absolute Gasteiger partial charge is 0.316 e. The van der Waals surface area contributed by atoms with E-state index in [0.717, 1.165) is 36.2 Å². The van der Waals surface area contributed by atoms with Gasteiger partial charge in [-0.15, -0.1) is 0 Å². The van der Waals surface area contributed by atoms with Crippen molar-refractivity contribution in [3.63, 3.8) is 0 Å². The minimum absolute atomic E-state index is 0.0701. The Labute approximate surface area is 244 Å². The molecule has 4 aromatic rings. The lowest BCUT2D eigenvalue weighted by Crippen LogP contribution is -2.41. The number of fused-ring (bicyclic) bond motifs is 1. The first-order valence-corrected chi connectivity index (χ1v) is 13.8. The topological polar surface area (TPSA) is 107 Å². The van der Waals surface area contributed by atoms with Gasteiger partial charge in [0.15, 0.2) is 23.1 Å². The van der Waals surface area contributed by atoms with Crippen molar-refractivity contribution in [2.45, 2.75) is 20.3 Å². The van der Waals surface area contributed by atoms with E-state index in [9.17, 15) is 9.59 Å². The number of likely N-dealkylation sites (N-methyl/N-ethyl adjacent to an activating group) is 1. The number of hydrogen-bond acceptors (Lipinski definition) is 7. The third kappa shape index (κ3) is 7.32. The lowest BCUT2D eigenvalue weighted by Gasteiger charge is -2.22. The van der Waals surface area contributed by atoms with Crippen LogP contribution in [0.4, 0.5) is 10.1 Å². The monoisotopic (exact) mass is 574 g/mol. The van der Waals surface area contributed by atoms with Crippen molar-refractivity contribution in [3.8, 4) is 23.0 Å². The summed E-state index contributed by atoms with van der Waals surface area (Å²) in [5.41, 5.74) is 7.01. The lowest BCUT2D eigenvalue weighted by molar-refractivity contribution is -0.135. The summed E-state index contributed by atoms with van der Waals surface area (Å²) in [5.74, 6) is -1.45. The van der Waals surface area contributed by atoms with E-state index in [0.29, 0.717) is 41.2 Å². The molecule has 0 aliphatic rings. The Morgan fingerprint density at radius 2 is 1.67 bits per heavy atom. The van der Waals surface area contributed by atoms with Crippen LogP contribution in [0.3, 0.4) is 0 Å². The van der Waals surface area contributed by atoms with Gasteiger partial charge in [-0.05, 0) is 49.3 Å². The standard InChI is InChI=1S/C32H35FN4O5/c1-4-36(5-2)17-18-41-30-21-26-24(20-29(30)40-3)27(13-15-35-26)42-28-12-11-23(19-25(28)33)37(32(39)31(34)38)16-14-22-9-7-6-8-10-22/h6-13,15,19-21H,4-5,14,16-18H2,1-3H3,(H2,34,38). The fraction of sp³-hybridized carbons (Fsp3) is 0.281. The highest BCUT2D eigenvalue weighted by Crippen LogP contribution is 2.38. The van der Waals surface area contributed by atoms with E-state index in [-0.39, 0.29) is 18.0 Å². The predicted octanol–water partition coefficient (Wildman–Crippen LogP) is 4.96. The minimum atomic E-state index is -1.13. The number of nitrogens with two attached hydrogens (primary N) is 1. The SMILES string of the molecule is CCN(CC)CCOc1cc2nccc(Oc3ccc(N(CCc4ccccc4)C(=O)C(N)=O)cc3F)c2cc1OC. The zero-order valence-corrected chi connectivity index (χ0v) is 24.0. The lowest BCUT2D eigenvalue weighted by atomic mass is 10.1. The fourth-order valence-corrected chi connectivity index (χ4v) is 4.54. The molecule has 9 nitrogen and oxygen atoms in total. The zero-order valence-electron chi connectivity index (χ0n) is 24.0. The van der Waals surface area contributed by atoms with Gasteiger partial charge in [0.2, 0.25) is 0 Å². The van der Waals surface area contributed by atoms with Gasteiger partial charge in [0, 0.05) is 42.5 Å². The molecule has 0 bridgehead atoms. The van der Waals surface area contributed by atoms with Crippen molar-refractivity contribution in [2.24, 2.45) is 5.73 Å². The molecule has 2 amide bonds. The molecule has 1 heterocycles. The van der Waals surface area contributed by atoms with E-state index in [1.54, 1.807) is 31.5 Å². The molecule has 4 rings (SSSR count). The normalized spacial score (nSPS) is 11.0. The van der Waals surface area contributed by atoms with E-state index < -0.39 is 17.6 Å². The van der Waals surface area contributed by atoms with Gasteiger partial charge in [-0.25, -0.2) is 4.39 Å². The first kappa shape index (κ1) is 30.3. The second-order valence-corrected chi connectivity index (χ2v) is 9.48. The van der Waals surface area contributed by atoms with Gasteiger partial charge in [0.1, 0.15) is 12.4 Å². The average Bonchev–Trinajstić information content (AvgIpc) is 3.00. The van der Waals surface area contributed by atoms with Crippen LogP contribution < -0.4 is 24.8 Å². The molecule has 0 radical (unpaired) electrons. The van der Waals surface area contributed by atoms with Gasteiger partial charge in [-0.2, -0.15) is 0 Å². The number of aromatic nitrogens is 1. The van der Waals surface area contributed by atoms with Crippen molar-refractivity contribution in [2.75, 3.05) is 44.8 Å². The summed E-state index contributed by atoms with van der Waals surface area (Å²) in [4.78, 5) is 32.1. The van der Waals surface area contributed by atoms with Crippen LogP contribution in [0.15, 0.2) is 72.9 Å². The molecular weight excluding hydrogens is 539 g/mol. The number of ether oxygens (including phenoxy) is 3. The molecule has 42 heavy (non-hydrogen) atoms. The van der Waals surface area contributed by atoms with Gasteiger partial charge in [-0.1, -0.05) is 44.2 Å². The van der Waals surface area contributed by atoms with Crippen molar-refractivity contribution in [3.05, 3.63) is 84.3 Å². The van der Waals surface area contributed by atoms with Gasteiger partial charge in [-0.3, -0.25) is 14.6 Å². The summed E-state index contributed by atoms with van der Waals surface area (Å²) in [5, 5.41) is 0.599. The summed E-state index contributed by atoms with van der Waals surface area (Å²) in [7, 11) is 1.55. The quantitative estimate of drug-likeness (QED) is 0.225. The molecule has 3 aromatic carbocycles. The number of hydrogen-bond donors (Lipinski definition) is 1. The number of nitrogens with zero attached hydrogens (tertiary/aromatic N) is 3. The molecule has 0 saturated heterocycles. The zero-order chi connectivity index (χ0) is 30.1. The maximum atomic E-state index is 15.4. The van der Waals surface area contributed by atoms with Crippen molar-refractivity contribution < 1.29 is 28.2 Å². The summed E-state index contributed by atoms with van der Waals surface area (Å²) in [6, 6.07) is 18.6. The number of carbonyl (C=O) groups is 2. The number of benzene rings is 3. The highest BCUT2D eigenvalue weighted by atomic mass is 19.1. The molecule has 0 saturated carbocycles. The number of amides is 2. The third-order valence-corrected chi connectivity index (χ3v) is 6.92. The Bertz CT molecular complexity index is 1530. The number of pyridine rings is 1. The fourth-order valence-electron chi connectivity index (χ4n) is 4.54. The van der Waals surface area contributed by atoms with E-state index in [2.05, 4.69) is 23.7 Å². The summed E-state index contributed by atoms with van der Waals surface area (Å²) in [6.07, 6.45) is 2.01. The second-order valence-electron chi connectivity index (χ2n) is 9.48. The number of rotatable bonds is 13. The highest BCUT2D eigenvalue weighted by molar-refractivity contribution is 6.39. The Morgan fingerprint density at radius 1 is 0.905 bits per heavy atom. The molecule has 0 aliphatic carbocycles. The van der Waals surface area contributed by atoms with Crippen LogP contribution in [0, 0.1) is 5.82 Å². The van der Waals surface area contributed by atoms with Crippen molar-refractivity contribution >= 4 is 28.4 Å². The first-order valence-electron chi connectivity index (χ1n) is 13.8. The molecule has 0 spiro atoms. The maximum absolute atomic E-state index is 15.4. The largest absolute Gasteiger partial charge is 0.493 e. The molecule has 0 unspecified atom stereocenters. The molecule has 0 atom stereocenters. The number of primary amides is 1. The van der Waals surface area contributed by atoms with E-state index in [4.69, 9.17) is 19.9 Å². The molecule has 10 heteroatoms. The molecular formula is C32H35FN4O5. The van der Waals surface area contributed by atoms with Crippen LogP contribution in [0.1, 0.15) is 19.4 Å². The van der Waals surface area contributed by atoms with Crippen LogP contribution in [0.5, 0.6) is 23.0 Å². The van der Waals surface area contributed by atoms with E-state index >= 15 is 4.39 Å². The van der Waals surface area contributed by atoms with Gasteiger partial charge in [0.25, 0.3) is 0 Å². The summed E-state index contributed by atoms with van der Waals surface area (Å²) in [6.45, 7) is 7.46. The summed E-state index contributed by atoms with van der Waals surface area (Å²) < 4.78 is 32.9. The van der Waals surface area contributed by atoms with Crippen LogP contribution in [0.25, 0.3) is 10.9 Å². The Kier molecular flexibility index (Phi) is 10.3. The predicted molar refractivity (Wildman–Crippen MR) is 160 cm³/mol. The van der Waals surface area contributed by atoms with E-state index in [1.807, 2.05) is 30.3 Å². The summed E-state index contributed by atoms with van der Waals surface area (Å²) >= 11 is 0. The minimum Gasteiger partial charge on any atom is -0.493 e. The van der Waals surface area contributed by atoms with E-state index in [1.165, 1.54) is 12.1 Å². The van der Waals surface area contributed by atoms with Crippen LogP contribution in [-0.4, -0.2) is 61.6 Å². The molecule has 2 N–H and O–H groups in total. The Balaban J connectivity index is 1.56. The number of anilines is 1. The highest BCUT2D eigenvalue weighted by Gasteiger charge is 2.22. The van der Waals surface area contributed by atoms with Gasteiger partial charge < -0.3 is 29.7 Å². The molecule has 1 aromatic heterocycles. The molecule has 0 fully saturated rings. The number of methoxy groups -OCH3 is 1. The number of halogens is 1. The molecule has 220 valence electrons. The van der Waals surface area contributed by atoms with Crippen LogP contribution in [0.2, 0.25) is 0 Å². The maximum Gasteiger partial charge on any atom is 0.316 e. The third-order valence-electron chi connectivity index (χ3n) is 6.92. The molecule has 0 aliphatic heterocycles. The van der Waals surface area contributed by atoms with Crippen LogP contribution >= 0.6 is 0 Å². The Hall–Kier alpha value is -4.70. The number of carbonyl (C=O) groups excluding carboxylic acids is 2. The second kappa shape index (κ2) is 14.3. The first-order chi connectivity index (χ1) is 20.3. The average molecular weight is 575 g/mol. The van der Waals surface area contributed by atoms with Gasteiger partial charge >= 0.3 is 11.8 Å².